The van der Waals surface area contributed by atoms with Crippen LogP contribution in [-0.4, -0.2) is 24.1 Å². The predicted molar refractivity (Wildman–Crippen MR) is 74.2 cm³/mol. The molecule has 1 aromatic rings. The average Bonchev–Trinajstić information content (AvgIpc) is 2.64. The van der Waals surface area contributed by atoms with Crippen molar-refractivity contribution in [3.63, 3.8) is 0 Å². The molecule has 1 atom stereocenters. The maximum atomic E-state index is 11.9. The fraction of sp³-hybridized carbons (Fsp3) is 0.429. The van der Waals surface area contributed by atoms with E-state index >= 15 is 0 Å². The highest BCUT2D eigenvalue weighted by molar-refractivity contribution is 6.07. The highest BCUT2D eigenvalue weighted by Crippen LogP contribution is 2.27. The van der Waals surface area contributed by atoms with Crippen molar-refractivity contribution in [3.8, 4) is 5.75 Å². The lowest BCUT2D eigenvalue weighted by atomic mass is 9.90. The van der Waals surface area contributed by atoms with Gasteiger partial charge in [0.2, 0.25) is 0 Å². The van der Waals surface area contributed by atoms with Gasteiger partial charge in [0.1, 0.15) is 11.4 Å². The molecular formula is C14H19N3O3. The lowest BCUT2D eigenvalue weighted by Gasteiger charge is -2.26. The van der Waals surface area contributed by atoms with Crippen molar-refractivity contribution < 1.29 is 14.3 Å². The van der Waals surface area contributed by atoms with E-state index in [0.717, 1.165) is 0 Å². The number of hydrogen-bond donors (Lipinski definition) is 3. The Kier molecular flexibility index (Phi) is 3.43. The molecule has 20 heavy (non-hydrogen) atoms. The zero-order valence-corrected chi connectivity index (χ0v) is 11.8. The molecule has 0 spiro atoms. The van der Waals surface area contributed by atoms with E-state index in [9.17, 15) is 9.59 Å². The first-order valence-corrected chi connectivity index (χ1v) is 6.40. The van der Waals surface area contributed by atoms with E-state index in [1.807, 2.05) is 20.8 Å². The summed E-state index contributed by atoms with van der Waals surface area (Å²) in [6, 6.07) is 6.46. The highest BCUT2D eigenvalue weighted by atomic mass is 16.5. The van der Waals surface area contributed by atoms with Gasteiger partial charge in [-0.1, -0.05) is 12.1 Å². The Bertz CT molecular complexity index is 534. The standard InChI is InChI=1S/C14H19N3O3/c1-13(2,3)20-10-6-4-9(5-7-10)14(8-15)11(18)16-12(19)17-14/h4-7H,8,15H2,1-3H3,(H2,16,17,18,19). The van der Waals surface area contributed by atoms with Gasteiger partial charge in [-0.2, -0.15) is 0 Å². The van der Waals surface area contributed by atoms with Gasteiger partial charge in [-0.25, -0.2) is 4.79 Å². The fourth-order valence-corrected chi connectivity index (χ4v) is 2.12. The Morgan fingerprint density at radius 2 is 1.80 bits per heavy atom. The SMILES string of the molecule is CC(C)(C)Oc1ccc(C2(CN)NC(=O)NC2=O)cc1. The minimum Gasteiger partial charge on any atom is -0.488 e. The Morgan fingerprint density at radius 1 is 1.20 bits per heavy atom. The number of hydrogen-bond acceptors (Lipinski definition) is 4. The number of nitrogens with two attached hydrogens (primary N) is 1. The lowest BCUT2D eigenvalue weighted by molar-refractivity contribution is -0.123. The van der Waals surface area contributed by atoms with E-state index in [2.05, 4.69) is 10.6 Å². The van der Waals surface area contributed by atoms with Crippen LogP contribution in [0.5, 0.6) is 5.75 Å². The molecule has 0 bridgehead atoms. The van der Waals surface area contributed by atoms with Crippen LogP contribution in [0.3, 0.4) is 0 Å². The third-order valence-corrected chi connectivity index (χ3v) is 3.02. The molecule has 1 aromatic carbocycles. The molecule has 2 rings (SSSR count). The van der Waals surface area contributed by atoms with Gasteiger partial charge in [0, 0.05) is 6.54 Å². The molecule has 1 heterocycles. The number of carbonyl (C=O) groups excluding carboxylic acids is 2. The summed E-state index contributed by atoms with van der Waals surface area (Å²) in [4.78, 5) is 23.3. The number of nitrogens with one attached hydrogen (secondary N) is 2. The molecule has 0 radical (unpaired) electrons. The van der Waals surface area contributed by atoms with Gasteiger partial charge < -0.3 is 15.8 Å². The Labute approximate surface area is 117 Å². The summed E-state index contributed by atoms with van der Waals surface area (Å²) >= 11 is 0. The molecule has 1 aliphatic rings. The van der Waals surface area contributed by atoms with Gasteiger partial charge in [0.15, 0.2) is 5.54 Å². The van der Waals surface area contributed by atoms with Crippen molar-refractivity contribution in [1.82, 2.24) is 10.6 Å². The molecule has 1 fully saturated rings. The summed E-state index contributed by atoms with van der Waals surface area (Å²) in [5.41, 5.74) is 4.82. The molecule has 3 amide bonds. The summed E-state index contributed by atoms with van der Waals surface area (Å²) in [7, 11) is 0. The number of carbonyl (C=O) groups is 2. The zero-order valence-electron chi connectivity index (χ0n) is 11.8. The molecule has 0 aliphatic carbocycles. The third kappa shape index (κ3) is 2.60. The Morgan fingerprint density at radius 3 is 2.20 bits per heavy atom. The summed E-state index contributed by atoms with van der Waals surface area (Å²) in [5, 5.41) is 4.80. The van der Waals surface area contributed by atoms with Crippen LogP contribution in [0.2, 0.25) is 0 Å². The number of imide groups is 1. The molecule has 6 heteroatoms. The minimum absolute atomic E-state index is 0.00987. The third-order valence-electron chi connectivity index (χ3n) is 3.02. The van der Waals surface area contributed by atoms with Crippen LogP contribution in [0.4, 0.5) is 4.79 Å². The van der Waals surface area contributed by atoms with Gasteiger partial charge >= 0.3 is 6.03 Å². The molecular weight excluding hydrogens is 258 g/mol. The molecule has 108 valence electrons. The molecule has 6 nitrogen and oxygen atoms in total. The van der Waals surface area contributed by atoms with Crippen molar-refractivity contribution in [2.24, 2.45) is 5.73 Å². The maximum absolute atomic E-state index is 11.9. The van der Waals surface area contributed by atoms with Crippen molar-refractivity contribution in [2.45, 2.75) is 31.9 Å². The van der Waals surface area contributed by atoms with Crippen LogP contribution in [0, 0.1) is 0 Å². The first kappa shape index (κ1) is 14.3. The van der Waals surface area contributed by atoms with Crippen molar-refractivity contribution >= 4 is 11.9 Å². The summed E-state index contributed by atoms with van der Waals surface area (Å²) in [5.74, 6) is 0.257. The van der Waals surface area contributed by atoms with Crippen molar-refractivity contribution in [1.29, 1.82) is 0 Å². The minimum atomic E-state index is -1.20. The zero-order chi connectivity index (χ0) is 15.0. The van der Waals surface area contributed by atoms with Crippen LogP contribution in [0.25, 0.3) is 0 Å². The topological polar surface area (TPSA) is 93.4 Å². The second-order valence-corrected chi connectivity index (χ2v) is 5.76. The quantitative estimate of drug-likeness (QED) is 0.714. The van der Waals surface area contributed by atoms with Crippen LogP contribution in [0.1, 0.15) is 26.3 Å². The fourth-order valence-electron chi connectivity index (χ4n) is 2.12. The molecule has 1 aliphatic heterocycles. The van der Waals surface area contributed by atoms with E-state index in [4.69, 9.17) is 10.5 Å². The summed E-state index contributed by atoms with van der Waals surface area (Å²) in [6.07, 6.45) is 0. The Balaban J connectivity index is 2.29. The van der Waals surface area contributed by atoms with E-state index in [1.165, 1.54) is 0 Å². The first-order chi connectivity index (χ1) is 9.27. The number of benzene rings is 1. The maximum Gasteiger partial charge on any atom is 0.322 e. The van der Waals surface area contributed by atoms with Gasteiger partial charge in [-0.3, -0.25) is 10.1 Å². The Hall–Kier alpha value is -2.08. The number of urea groups is 1. The smallest absolute Gasteiger partial charge is 0.322 e. The molecule has 1 unspecified atom stereocenters. The second kappa shape index (κ2) is 4.79. The van der Waals surface area contributed by atoms with Crippen LogP contribution in [-0.2, 0) is 10.3 Å². The summed E-state index contributed by atoms with van der Waals surface area (Å²) in [6.45, 7) is 5.84. The van der Waals surface area contributed by atoms with Gasteiger partial charge in [0.25, 0.3) is 5.91 Å². The van der Waals surface area contributed by atoms with Crippen LogP contribution >= 0.6 is 0 Å². The second-order valence-electron chi connectivity index (χ2n) is 5.76. The van der Waals surface area contributed by atoms with E-state index in [0.29, 0.717) is 11.3 Å². The number of amides is 3. The molecule has 0 aromatic heterocycles. The number of rotatable bonds is 3. The molecule has 1 saturated heterocycles. The van der Waals surface area contributed by atoms with Crippen molar-refractivity contribution in [3.05, 3.63) is 29.8 Å². The first-order valence-electron chi connectivity index (χ1n) is 6.40. The normalized spacial score (nSPS) is 22.4. The van der Waals surface area contributed by atoms with Gasteiger partial charge in [-0.15, -0.1) is 0 Å². The van der Waals surface area contributed by atoms with E-state index < -0.39 is 17.5 Å². The highest BCUT2D eigenvalue weighted by Gasteiger charge is 2.46. The largest absolute Gasteiger partial charge is 0.488 e. The monoisotopic (exact) mass is 277 g/mol. The lowest BCUT2D eigenvalue weighted by Crippen LogP contribution is -2.49. The molecule has 0 saturated carbocycles. The van der Waals surface area contributed by atoms with Gasteiger partial charge in [-0.05, 0) is 38.5 Å². The van der Waals surface area contributed by atoms with E-state index in [-0.39, 0.29) is 12.1 Å². The van der Waals surface area contributed by atoms with Crippen LogP contribution in [0.15, 0.2) is 24.3 Å². The van der Waals surface area contributed by atoms with Gasteiger partial charge in [0.05, 0.1) is 0 Å². The van der Waals surface area contributed by atoms with E-state index in [1.54, 1.807) is 24.3 Å². The van der Waals surface area contributed by atoms with Crippen LogP contribution < -0.4 is 21.1 Å². The average molecular weight is 277 g/mol. The predicted octanol–water partition coefficient (Wildman–Crippen LogP) is 0.857. The van der Waals surface area contributed by atoms with Crippen molar-refractivity contribution in [2.75, 3.05) is 6.54 Å². The summed E-state index contributed by atoms with van der Waals surface area (Å²) < 4.78 is 5.71. The molecule has 4 N–H and O–H groups in total. The number of ether oxygens (including phenoxy) is 1.